The van der Waals surface area contributed by atoms with Crippen LogP contribution < -0.4 is 11.5 Å². The highest BCUT2D eigenvalue weighted by Crippen LogP contribution is 2.16. The van der Waals surface area contributed by atoms with Gasteiger partial charge in [0.1, 0.15) is 0 Å². The van der Waals surface area contributed by atoms with E-state index in [9.17, 15) is 4.79 Å². The van der Waals surface area contributed by atoms with Gasteiger partial charge in [0.15, 0.2) is 0 Å². The molecule has 0 fully saturated rings. The zero-order valence-corrected chi connectivity index (χ0v) is 11.7. The van der Waals surface area contributed by atoms with Gasteiger partial charge < -0.3 is 16.4 Å². The minimum Gasteiger partial charge on any atom is -0.399 e. The van der Waals surface area contributed by atoms with Gasteiger partial charge in [-0.2, -0.15) is 0 Å². The van der Waals surface area contributed by atoms with Gasteiger partial charge in [0.2, 0.25) is 0 Å². The summed E-state index contributed by atoms with van der Waals surface area (Å²) in [6.07, 6.45) is 0. The lowest BCUT2D eigenvalue weighted by molar-refractivity contribution is 0.0783. The minimum absolute atomic E-state index is 0.121. The summed E-state index contributed by atoms with van der Waals surface area (Å²) in [5.74, 6) is -0.121. The molecule has 0 spiro atoms. The highest BCUT2D eigenvalue weighted by molar-refractivity contribution is 7.09. The summed E-state index contributed by atoms with van der Waals surface area (Å²) < 4.78 is 0. The predicted molar refractivity (Wildman–Crippen MR) is 77.9 cm³/mol. The first kappa shape index (κ1) is 13.4. The van der Waals surface area contributed by atoms with Crippen LogP contribution in [0.4, 0.5) is 11.4 Å². The van der Waals surface area contributed by atoms with E-state index in [0.29, 0.717) is 23.5 Å². The molecule has 19 heavy (non-hydrogen) atoms. The van der Waals surface area contributed by atoms with Crippen molar-refractivity contribution in [3.63, 3.8) is 0 Å². The Morgan fingerprint density at radius 1 is 1.32 bits per heavy atom. The fourth-order valence-electron chi connectivity index (χ4n) is 1.82. The number of aryl methyl sites for hydroxylation is 1. The van der Waals surface area contributed by atoms with Crippen LogP contribution in [-0.4, -0.2) is 22.8 Å². The van der Waals surface area contributed by atoms with Crippen molar-refractivity contribution in [1.82, 2.24) is 9.88 Å². The molecule has 0 atom stereocenters. The largest absolute Gasteiger partial charge is 0.399 e. The van der Waals surface area contributed by atoms with E-state index in [1.807, 2.05) is 12.3 Å². The van der Waals surface area contributed by atoms with Gasteiger partial charge >= 0.3 is 0 Å². The third-order valence-corrected chi connectivity index (χ3v) is 3.46. The van der Waals surface area contributed by atoms with Crippen LogP contribution in [-0.2, 0) is 6.54 Å². The average Bonchev–Trinajstić information content (AvgIpc) is 2.72. The number of benzene rings is 1. The van der Waals surface area contributed by atoms with Gasteiger partial charge in [-0.25, -0.2) is 4.98 Å². The Kier molecular flexibility index (Phi) is 3.71. The number of nitrogens with zero attached hydrogens (tertiary/aromatic N) is 2. The lowest BCUT2D eigenvalue weighted by Gasteiger charge is -2.16. The van der Waals surface area contributed by atoms with E-state index in [1.165, 1.54) is 0 Å². The molecular weight excluding hydrogens is 260 g/mol. The fraction of sp³-hybridized carbons (Fsp3) is 0.231. The number of aromatic nitrogens is 1. The number of hydrogen-bond acceptors (Lipinski definition) is 5. The van der Waals surface area contributed by atoms with Gasteiger partial charge in [0.05, 0.1) is 17.2 Å². The Hall–Kier alpha value is -2.08. The minimum atomic E-state index is -0.121. The van der Waals surface area contributed by atoms with Crippen LogP contribution in [0.3, 0.4) is 0 Å². The summed E-state index contributed by atoms with van der Waals surface area (Å²) in [5.41, 5.74) is 13.7. The number of rotatable bonds is 3. The fourth-order valence-corrected chi connectivity index (χ4v) is 2.42. The molecule has 0 saturated heterocycles. The van der Waals surface area contributed by atoms with E-state index in [1.54, 1.807) is 41.5 Å². The maximum atomic E-state index is 12.3. The van der Waals surface area contributed by atoms with E-state index in [-0.39, 0.29) is 5.91 Å². The summed E-state index contributed by atoms with van der Waals surface area (Å²) >= 11 is 1.57. The van der Waals surface area contributed by atoms with Gasteiger partial charge in [0, 0.05) is 29.4 Å². The van der Waals surface area contributed by atoms with Crippen molar-refractivity contribution >= 4 is 28.6 Å². The quantitative estimate of drug-likeness (QED) is 0.838. The molecule has 2 rings (SSSR count). The van der Waals surface area contributed by atoms with Crippen molar-refractivity contribution in [1.29, 1.82) is 0 Å². The molecule has 0 unspecified atom stereocenters. The van der Waals surface area contributed by atoms with Gasteiger partial charge in [-0.1, -0.05) is 0 Å². The average molecular weight is 276 g/mol. The Morgan fingerprint density at radius 2 is 1.95 bits per heavy atom. The summed E-state index contributed by atoms with van der Waals surface area (Å²) in [6.45, 7) is 2.41. The Labute approximate surface area is 115 Å². The Balaban J connectivity index is 2.14. The second kappa shape index (κ2) is 5.27. The third-order valence-electron chi connectivity index (χ3n) is 2.64. The van der Waals surface area contributed by atoms with E-state index in [0.717, 1.165) is 10.7 Å². The van der Waals surface area contributed by atoms with Crippen molar-refractivity contribution in [2.24, 2.45) is 0 Å². The molecule has 0 aliphatic carbocycles. The third kappa shape index (κ3) is 3.23. The lowest BCUT2D eigenvalue weighted by atomic mass is 10.1. The number of carbonyl (C=O) groups excluding carboxylic acids is 1. The highest BCUT2D eigenvalue weighted by Gasteiger charge is 2.14. The van der Waals surface area contributed by atoms with E-state index in [4.69, 9.17) is 11.5 Å². The van der Waals surface area contributed by atoms with Crippen molar-refractivity contribution in [2.45, 2.75) is 13.5 Å². The van der Waals surface area contributed by atoms with Gasteiger partial charge in [-0.3, -0.25) is 4.79 Å². The lowest BCUT2D eigenvalue weighted by Crippen LogP contribution is -2.26. The first-order chi connectivity index (χ1) is 8.95. The normalized spacial score (nSPS) is 10.4. The van der Waals surface area contributed by atoms with Crippen LogP contribution in [0.25, 0.3) is 0 Å². The maximum absolute atomic E-state index is 12.3. The monoisotopic (exact) mass is 276 g/mol. The Bertz CT molecular complexity index is 588. The van der Waals surface area contributed by atoms with Crippen molar-refractivity contribution in [3.05, 3.63) is 39.8 Å². The summed E-state index contributed by atoms with van der Waals surface area (Å²) in [6, 6.07) is 4.88. The van der Waals surface area contributed by atoms with Gasteiger partial charge in [0.25, 0.3) is 5.91 Å². The molecule has 1 amide bonds. The van der Waals surface area contributed by atoms with Crippen LogP contribution in [0.15, 0.2) is 23.6 Å². The molecule has 0 radical (unpaired) electrons. The molecule has 4 N–H and O–H groups in total. The number of hydrogen-bond donors (Lipinski definition) is 2. The molecule has 1 aromatic carbocycles. The van der Waals surface area contributed by atoms with Gasteiger partial charge in [-0.05, 0) is 25.1 Å². The molecule has 5 nitrogen and oxygen atoms in total. The molecule has 2 aromatic rings. The van der Waals surface area contributed by atoms with E-state index >= 15 is 0 Å². The van der Waals surface area contributed by atoms with Crippen LogP contribution >= 0.6 is 11.3 Å². The number of nitrogens with two attached hydrogens (primary N) is 2. The number of nitrogen functional groups attached to an aromatic ring is 2. The first-order valence-electron chi connectivity index (χ1n) is 5.78. The molecule has 1 aromatic heterocycles. The van der Waals surface area contributed by atoms with Crippen molar-refractivity contribution < 1.29 is 4.79 Å². The SMILES string of the molecule is Cc1nc(CN(C)C(=O)c2cc(N)cc(N)c2)cs1. The zero-order valence-electron chi connectivity index (χ0n) is 10.9. The zero-order chi connectivity index (χ0) is 14.0. The highest BCUT2D eigenvalue weighted by atomic mass is 32.1. The molecule has 1 heterocycles. The number of thiazole rings is 1. The molecule has 0 aliphatic rings. The molecule has 6 heteroatoms. The summed E-state index contributed by atoms with van der Waals surface area (Å²) in [7, 11) is 1.73. The second-order valence-electron chi connectivity index (χ2n) is 4.41. The summed E-state index contributed by atoms with van der Waals surface area (Å²) in [4.78, 5) is 18.2. The van der Waals surface area contributed by atoms with E-state index < -0.39 is 0 Å². The van der Waals surface area contributed by atoms with Gasteiger partial charge in [-0.15, -0.1) is 11.3 Å². The Morgan fingerprint density at radius 3 is 2.47 bits per heavy atom. The van der Waals surface area contributed by atoms with Crippen molar-refractivity contribution in [2.75, 3.05) is 18.5 Å². The summed E-state index contributed by atoms with van der Waals surface area (Å²) in [5, 5.41) is 2.94. The van der Waals surface area contributed by atoms with E-state index in [2.05, 4.69) is 4.98 Å². The second-order valence-corrected chi connectivity index (χ2v) is 5.47. The predicted octanol–water partition coefficient (Wildman–Crippen LogP) is 1.89. The smallest absolute Gasteiger partial charge is 0.254 e. The molecule has 0 aliphatic heterocycles. The molecule has 0 bridgehead atoms. The van der Waals surface area contributed by atoms with Crippen LogP contribution in [0.5, 0.6) is 0 Å². The molecular formula is C13H16N4OS. The van der Waals surface area contributed by atoms with Crippen molar-refractivity contribution in [3.8, 4) is 0 Å². The number of carbonyl (C=O) groups is 1. The maximum Gasteiger partial charge on any atom is 0.254 e. The van der Waals surface area contributed by atoms with Crippen LogP contribution in [0.2, 0.25) is 0 Å². The first-order valence-corrected chi connectivity index (χ1v) is 6.66. The van der Waals surface area contributed by atoms with Crippen LogP contribution in [0.1, 0.15) is 21.1 Å². The van der Waals surface area contributed by atoms with Crippen LogP contribution in [0, 0.1) is 6.92 Å². The number of amides is 1. The topological polar surface area (TPSA) is 85.2 Å². The number of anilines is 2. The standard InChI is InChI=1S/C13H16N4OS/c1-8-16-12(7-19-8)6-17(2)13(18)9-3-10(14)5-11(15)4-9/h3-5,7H,6,14-15H2,1-2H3. The molecule has 100 valence electrons. The molecule has 0 saturated carbocycles.